The third-order valence-corrected chi connectivity index (χ3v) is 2.14. The van der Waals surface area contributed by atoms with Crippen LogP contribution < -0.4 is 0 Å². The minimum absolute atomic E-state index is 0.0196. The summed E-state index contributed by atoms with van der Waals surface area (Å²) in [6.45, 7) is -0.154. The standard InChI is InChI=1S/C11H8O4/c12-9(7-4-2-1-3-5-7)8-6-15-11(14)10(8)13/h1-5,12H,6H2/b9-8-. The van der Waals surface area contributed by atoms with Gasteiger partial charge in [-0.2, -0.15) is 0 Å². The Balaban J connectivity index is 2.43. The Bertz CT molecular complexity index is 445. The third-order valence-electron chi connectivity index (χ3n) is 2.14. The first-order chi connectivity index (χ1) is 7.20. The van der Waals surface area contributed by atoms with Crippen molar-refractivity contribution in [1.29, 1.82) is 0 Å². The van der Waals surface area contributed by atoms with Crippen molar-refractivity contribution in [2.75, 3.05) is 6.61 Å². The second-order valence-electron chi connectivity index (χ2n) is 3.10. The Hall–Kier alpha value is -2.10. The zero-order chi connectivity index (χ0) is 10.8. The number of hydrogen-bond acceptors (Lipinski definition) is 4. The summed E-state index contributed by atoms with van der Waals surface area (Å²) >= 11 is 0. The molecule has 1 aromatic rings. The topological polar surface area (TPSA) is 63.6 Å². The number of Topliss-reactive ketones (excluding diaryl/α,β-unsaturated/α-hetero) is 1. The van der Waals surface area contributed by atoms with E-state index in [9.17, 15) is 14.7 Å². The van der Waals surface area contributed by atoms with Crippen LogP contribution in [0.15, 0.2) is 35.9 Å². The molecule has 0 amide bonds. The minimum atomic E-state index is -0.910. The number of cyclic esters (lactones) is 1. The van der Waals surface area contributed by atoms with Gasteiger partial charge >= 0.3 is 5.97 Å². The lowest BCUT2D eigenvalue weighted by Crippen LogP contribution is -2.07. The van der Waals surface area contributed by atoms with Crippen molar-refractivity contribution in [1.82, 2.24) is 0 Å². The van der Waals surface area contributed by atoms with Gasteiger partial charge in [0.05, 0.1) is 5.57 Å². The van der Waals surface area contributed by atoms with E-state index in [-0.39, 0.29) is 17.9 Å². The van der Waals surface area contributed by atoms with Crippen LogP contribution in [0.3, 0.4) is 0 Å². The summed E-state index contributed by atoms with van der Waals surface area (Å²) in [6, 6.07) is 8.55. The highest BCUT2D eigenvalue weighted by Gasteiger charge is 2.32. The summed E-state index contributed by atoms with van der Waals surface area (Å²) in [5.74, 6) is -1.87. The van der Waals surface area contributed by atoms with E-state index in [0.29, 0.717) is 5.56 Å². The Morgan fingerprint density at radius 2 is 1.87 bits per heavy atom. The number of hydrogen-bond donors (Lipinski definition) is 1. The Morgan fingerprint density at radius 1 is 1.20 bits per heavy atom. The summed E-state index contributed by atoms with van der Waals surface area (Å²) in [5.41, 5.74) is 0.519. The van der Waals surface area contributed by atoms with Crippen LogP contribution in [-0.2, 0) is 14.3 Å². The van der Waals surface area contributed by atoms with Crippen LogP contribution >= 0.6 is 0 Å². The second-order valence-corrected chi connectivity index (χ2v) is 3.10. The maximum Gasteiger partial charge on any atom is 0.379 e. The first-order valence-electron chi connectivity index (χ1n) is 4.39. The fourth-order valence-corrected chi connectivity index (χ4v) is 1.34. The number of carbonyl (C=O) groups excluding carboxylic acids is 2. The molecule has 1 N–H and O–H groups in total. The van der Waals surface area contributed by atoms with Crippen LogP contribution in [0, 0.1) is 0 Å². The van der Waals surface area contributed by atoms with Gasteiger partial charge in [-0.05, 0) is 0 Å². The summed E-state index contributed by atoms with van der Waals surface area (Å²) in [4.78, 5) is 22.0. The molecule has 1 fully saturated rings. The van der Waals surface area contributed by atoms with Crippen molar-refractivity contribution in [3.63, 3.8) is 0 Å². The van der Waals surface area contributed by atoms with Crippen molar-refractivity contribution in [3.05, 3.63) is 41.5 Å². The van der Waals surface area contributed by atoms with Gasteiger partial charge in [0, 0.05) is 5.56 Å². The van der Waals surface area contributed by atoms with Gasteiger partial charge in [-0.25, -0.2) is 4.79 Å². The number of carbonyl (C=O) groups is 2. The molecule has 0 bridgehead atoms. The smallest absolute Gasteiger partial charge is 0.379 e. The lowest BCUT2D eigenvalue weighted by Gasteiger charge is -2.00. The lowest BCUT2D eigenvalue weighted by molar-refractivity contribution is -0.146. The van der Waals surface area contributed by atoms with Crippen molar-refractivity contribution >= 4 is 17.5 Å². The summed E-state index contributed by atoms with van der Waals surface area (Å²) in [7, 11) is 0. The number of esters is 1. The number of ether oxygens (including phenoxy) is 1. The van der Waals surface area contributed by atoms with Crippen molar-refractivity contribution < 1.29 is 19.4 Å². The molecule has 0 aromatic heterocycles. The summed E-state index contributed by atoms with van der Waals surface area (Å²) in [6.07, 6.45) is 0. The first-order valence-corrected chi connectivity index (χ1v) is 4.39. The maximum atomic E-state index is 11.2. The second kappa shape index (κ2) is 3.57. The first kappa shape index (κ1) is 9.45. The van der Waals surface area contributed by atoms with Gasteiger partial charge in [0.15, 0.2) is 0 Å². The van der Waals surface area contributed by atoms with E-state index >= 15 is 0 Å². The van der Waals surface area contributed by atoms with Crippen LogP contribution in [0.25, 0.3) is 5.76 Å². The lowest BCUT2D eigenvalue weighted by atomic mass is 10.1. The molecule has 0 radical (unpaired) electrons. The molecule has 1 aromatic carbocycles. The van der Waals surface area contributed by atoms with Gasteiger partial charge in [-0.3, -0.25) is 4.79 Å². The predicted molar refractivity (Wildman–Crippen MR) is 52.0 cm³/mol. The fourth-order valence-electron chi connectivity index (χ4n) is 1.34. The highest BCUT2D eigenvalue weighted by molar-refractivity contribution is 6.43. The van der Waals surface area contributed by atoms with E-state index < -0.39 is 11.8 Å². The largest absolute Gasteiger partial charge is 0.507 e. The number of ketones is 1. The van der Waals surface area contributed by atoms with Crippen molar-refractivity contribution in [2.45, 2.75) is 0 Å². The van der Waals surface area contributed by atoms with E-state index in [4.69, 9.17) is 0 Å². The van der Waals surface area contributed by atoms with Crippen LogP contribution in [0.2, 0.25) is 0 Å². The molecule has 1 heterocycles. The van der Waals surface area contributed by atoms with E-state index in [2.05, 4.69) is 4.74 Å². The molecule has 0 aliphatic carbocycles. The Kier molecular flexibility index (Phi) is 2.25. The molecule has 4 heteroatoms. The molecule has 1 aliphatic heterocycles. The molecule has 0 atom stereocenters. The van der Waals surface area contributed by atoms with E-state index in [1.165, 1.54) is 0 Å². The molecule has 15 heavy (non-hydrogen) atoms. The Labute approximate surface area is 85.8 Å². The van der Waals surface area contributed by atoms with Crippen molar-refractivity contribution in [2.24, 2.45) is 0 Å². The molecular formula is C11H8O4. The average molecular weight is 204 g/mol. The van der Waals surface area contributed by atoms with E-state index in [1.54, 1.807) is 30.3 Å². The third kappa shape index (κ3) is 1.61. The molecule has 1 aliphatic rings. The van der Waals surface area contributed by atoms with Crippen LogP contribution in [0.4, 0.5) is 0 Å². The van der Waals surface area contributed by atoms with Crippen LogP contribution in [0.1, 0.15) is 5.56 Å². The monoisotopic (exact) mass is 204 g/mol. The maximum absolute atomic E-state index is 11.2. The zero-order valence-electron chi connectivity index (χ0n) is 7.77. The molecule has 4 nitrogen and oxygen atoms in total. The molecule has 0 unspecified atom stereocenters. The van der Waals surface area contributed by atoms with E-state index in [1.807, 2.05) is 0 Å². The van der Waals surface area contributed by atoms with Gasteiger partial charge < -0.3 is 9.84 Å². The van der Waals surface area contributed by atoms with Gasteiger partial charge in [0.1, 0.15) is 12.4 Å². The highest BCUT2D eigenvalue weighted by atomic mass is 16.5. The normalized spacial score (nSPS) is 18.9. The van der Waals surface area contributed by atoms with Gasteiger partial charge in [0.2, 0.25) is 0 Å². The molecule has 2 rings (SSSR count). The number of rotatable bonds is 1. The molecule has 0 spiro atoms. The molecule has 0 saturated carbocycles. The van der Waals surface area contributed by atoms with Crippen molar-refractivity contribution in [3.8, 4) is 0 Å². The molecular weight excluding hydrogens is 196 g/mol. The molecule has 76 valence electrons. The van der Waals surface area contributed by atoms with Gasteiger partial charge in [0.25, 0.3) is 5.78 Å². The average Bonchev–Trinajstić information content (AvgIpc) is 2.60. The number of aliphatic hydroxyl groups excluding tert-OH is 1. The summed E-state index contributed by atoms with van der Waals surface area (Å²) in [5, 5.41) is 9.74. The predicted octanol–water partition coefficient (Wildman–Crippen LogP) is 1.08. The van der Waals surface area contributed by atoms with Gasteiger partial charge in [-0.1, -0.05) is 30.3 Å². The Morgan fingerprint density at radius 3 is 2.40 bits per heavy atom. The summed E-state index contributed by atoms with van der Waals surface area (Å²) < 4.78 is 4.51. The number of benzene rings is 1. The zero-order valence-corrected chi connectivity index (χ0v) is 7.77. The van der Waals surface area contributed by atoms with E-state index in [0.717, 1.165) is 0 Å². The quantitative estimate of drug-likeness (QED) is 0.322. The minimum Gasteiger partial charge on any atom is -0.507 e. The fraction of sp³-hybridized carbons (Fsp3) is 0.0909. The van der Waals surface area contributed by atoms with Crippen LogP contribution in [0.5, 0.6) is 0 Å². The molecule has 1 saturated heterocycles. The van der Waals surface area contributed by atoms with Gasteiger partial charge in [-0.15, -0.1) is 0 Å². The highest BCUT2D eigenvalue weighted by Crippen LogP contribution is 2.20. The number of aliphatic hydroxyl groups is 1. The SMILES string of the molecule is O=C1OC/C(=C(/O)c2ccccc2)C1=O. The van der Waals surface area contributed by atoms with Crippen LogP contribution in [-0.4, -0.2) is 23.5 Å².